The van der Waals surface area contributed by atoms with Crippen LogP contribution < -0.4 is 10.1 Å². The molecular formula is C22H35IN6O. The lowest BCUT2D eigenvalue weighted by atomic mass is 10.1. The molecule has 7 nitrogen and oxygen atoms in total. The third-order valence-electron chi connectivity index (χ3n) is 4.96. The molecule has 0 radical (unpaired) electrons. The van der Waals surface area contributed by atoms with Crippen molar-refractivity contribution in [1.29, 1.82) is 0 Å². The number of ether oxygens (including phenoxy) is 1. The molecule has 0 amide bonds. The van der Waals surface area contributed by atoms with E-state index in [9.17, 15) is 0 Å². The number of guanidine groups is 1. The summed E-state index contributed by atoms with van der Waals surface area (Å²) >= 11 is 0. The van der Waals surface area contributed by atoms with Crippen LogP contribution >= 0.6 is 24.0 Å². The first kappa shape index (κ1) is 24.4. The fourth-order valence-corrected chi connectivity index (χ4v) is 3.24. The molecule has 1 saturated carbocycles. The highest BCUT2D eigenvalue weighted by Gasteiger charge is 2.22. The minimum atomic E-state index is 0. The van der Waals surface area contributed by atoms with Gasteiger partial charge in [0.05, 0.1) is 18.8 Å². The van der Waals surface area contributed by atoms with E-state index in [1.807, 2.05) is 23.9 Å². The number of aliphatic imine (C=N–C) groups is 1. The third kappa shape index (κ3) is 7.14. The maximum Gasteiger partial charge on any atom is 0.213 e. The second-order valence-corrected chi connectivity index (χ2v) is 8.15. The normalized spacial score (nSPS) is 13.9. The van der Waals surface area contributed by atoms with Gasteiger partial charge < -0.3 is 15.0 Å². The van der Waals surface area contributed by atoms with Crippen LogP contribution in [0, 0.1) is 5.92 Å². The molecular weight excluding hydrogens is 491 g/mol. The standard InChI is InChI=1S/C22H34N6O.HI/c1-6-23-22(27(4)13-19-14-28(5)26-21(19)16(2)3)25-12-18-9-10-24-20(11-18)29-15-17-7-8-17;/h9-11,14,16-17H,6-8,12-13,15H2,1-5H3,(H,23,25);1H. The predicted octanol–water partition coefficient (Wildman–Crippen LogP) is 3.94. The van der Waals surface area contributed by atoms with Gasteiger partial charge in [-0.3, -0.25) is 4.68 Å². The molecule has 2 aromatic rings. The summed E-state index contributed by atoms with van der Waals surface area (Å²) in [5, 5.41) is 8.01. The highest BCUT2D eigenvalue weighted by atomic mass is 127. The summed E-state index contributed by atoms with van der Waals surface area (Å²) in [6.07, 6.45) is 6.45. The largest absolute Gasteiger partial charge is 0.477 e. The average molecular weight is 526 g/mol. The van der Waals surface area contributed by atoms with Gasteiger partial charge in [0.1, 0.15) is 0 Å². The van der Waals surface area contributed by atoms with Crippen LogP contribution in [0.2, 0.25) is 0 Å². The van der Waals surface area contributed by atoms with Crippen molar-refractivity contribution in [3.63, 3.8) is 0 Å². The summed E-state index contributed by atoms with van der Waals surface area (Å²) in [5.41, 5.74) is 3.47. The van der Waals surface area contributed by atoms with Crippen LogP contribution in [0.3, 0.4) is 0 Å². The van der Waals surface area contributed by atoms with E-state index >= 15 is 0 Å². The van der Waals surface area contributed by atoms with E-state index in [0.29, 0.717) is 18.3 Å². The Balaban J connectivity index is 0.00000320. The number of hydrogen-bond donors (Lipinski definition) is 1. The Morgan fingerprint density at radius 3 is 2.83 bits per heavy atom. The van der Waals surface area contributed by atoms with Crippen LogP contribution in [-0.2, 0) is 20.1 Å². The van der Waals surface area contributed by atoms with Gasteiger partial charge in [-0.15, -0.1) is 24.0 Å². The molecule has 1 aliphatic carbocycles. The Hall–Kier alpha value is -1.84. The Bertz CT molecular complexity index is 831. The van der Waals surface area contributed by atoms with Crippen LogP contribution in [-0.4, -0.2) is 45.8 Å². The lowest BCUT2D eigenvalue weighted by molar-refractivity contribution is 0.288. The minimum absolute atomic E-state index is 0. The van der Waals surface area contributed by atoms with Gasteiger partial charge in [0.25, 0.3) is 0 Å². The van der Waals surface area contributed by atoms with Crippen molar-refractivity contribution in [2.75, 3.05) is 20.2 Å². The second-order valence-electron chi connectivity index (χ2n) is 8.15. The van der Waals surface area contributed by atoms with Crippen LogP contribution in [0.25, 0.3) is 0 Å². The monoisotopic (exact) mass is 526 g/mol. The van der Waals surface area contributed by atoms with Gasteiger partial charge in [0.15, 0.2) is 5.96 Å². The average Bonchev–Trinajstić information content (AvgIpc) is 3.45. The lowest BCUT2D eigenvalue weighted by Crippen LogP contribution is -2.38. The molecule has 1 fully saturated rings. The molecule has 166 valence electrons. The van der Waals surface area contributed by atoms with E-state index in [-0.39, 0.29) is 24.0 Å². The van der Waals surface area contributed by atoms with Crippen molar-refractivity contribution in [2.45, 2.75) is 52.6 Å². The molecule has 2 aromatic heterocycles. The molecule has 1 aliphatic rings. The van der Waals surface area contributed by atoms with Gasteiger partial charge in [0, 0.05) is 51.2 Å². The number of aryl methyl sites for hydroxylation is 1. The zero-order chi connectivity index (χ0) is 20.8. The molecule has 8 heteroatoms. The van der Waals surface area contributed by atoms with E-state index < -0.39 is 0 Å². The number of nitrogens with zero attached hydrogens (tertiary/aromatic N) is 5. The van der Waals surface area contributed by atoms with Crippen molar-refractivity contribution >= 4 is 29.9 Å². The molecule has 0 aromatic carbocycles. The molecule has 0 spiro atoms. The number of halogens is 1. The van der Waals surface area contributed by atoms with E-state index in [4.69, 9.17) is 9.73 Å². The number of nitrogens with one attached hydrogen (secondary N) is 1. The molecule has 0 saturated heterocycles. The lowest BCUT2D eigenvalue weighted by Gasteiger charge is -2.22. The number of aromatic nitrogens is 3. The second kappa shape index (κ2) is 11.5. The van der Waals surface area contributed by atoms with Gasteiger partial charge in [-0.25, -0.2) is 9.98 Å². The third-order valence-corrected chi connectivity index (χ3v) is 4.96. The van der Waals surface area contributed by atoms with Gasteiger partial charge in [-0.2, -0.15) is 5.10 Å². The highest BCUT2D eigenvalue weighted by Crippen LogP contribution is 2.29. The molecule has 0 unspecified atom stereocenters. The molecule has 3 rings (SSSR count). The number of pyridine rings is 1. The first-order valence-corrected chi connectivity index (χ1v) is 10.6. The Labute approximate surface area is 197 Å². The maximum absolute atomic E-state index is 5.79. The van der Waals surface area contributed by atoms with Gasteiger partial charge >= 0.3 is 0 Å². The quantitative estimate of drug-likeness (QED) is 0.305. The number of hydrogen-bond acceptors (Lipinski definition) is 4. The summed E-state index contributed by atoms with van der Waals surface area (Å²) in [5.74, 6) is 2.68. The first-order valence-electron chi connectivity index (χ1n) is 10.6. The van der Waals surface area contributed by atoms with Crippen LogP contribution in [0.5, 0.6) is 5.88 Å². The summed E-state index contributed by atoms with van der Waals surface area (Å²) in [7, 11) is 4.04. The summed E-state index contributed by atoms with van der Waals surface area (Å²) in [6.45, 7) is 9.38. The van der Waals surface area contributed by atoms with Crippen molar-refractivity contribution in [3.05, 3.63) is 41.3 Å². The van der Waals surface area contributed by atoms with Crippen molar-refractivity contribution in [3.8, 4) is 5.88 Å². The smallest absolute Gasteiger partial charge is 0.213 e. The van der Waals surface area contributed by atoms with Crippen LogP contribution in [0.15, 0.2) is 29.5 Å². The summed E-state index contributed by atoms with van der Waals surface area (Å²) in [4.78, 5) is 11.3. The zero-order valence-corrected chi connectivity index (χ0v) is 21.1. The summed E-state index contributed by atoms with van der Waals surface area (Å²) in [6, 6.07) is 3.99. The summed E-state index contributed by atoms with van der Waals surface area (Å²) < 4.78 is 7.69. The topological polar surface area (TPSA) is 67.6 Å². The van der Waals surface area contributed by atoms with Gasteiger partial charge in [-0.05, 0) is 43.2 Å². The SMILES string of the molecule is CCNC(=NCc1ccnc(OCC2CC2)c1)N(C)Cc1cn(C)nc1C(C)C.I. The first-order chi connectivity index (χ1) is 14.0. The zero-order valence-electron chi connectivity index (χ0n) is 18.8. The van der Waals surface area contributed by atoms with Crippen molar-refractivity contribution < 1.29 is 4.74 Å². The van der Waals surface area contributed by atoms with Crippen LogP contribution in [0.4, 0.5) is 0 Å². The fraction of sp³-hybridized carbons (Fsp3) is 0.591. The Morgan fingerprint density at radius 1 is 1.40 bits per heavy atom. The Kier molecular flexibility index (Phi) is 9.38. The molecule has 0 atom stereocenters. The molecule has 0 bridgehead atoms. The molecule has 2 heterocycles. The maximum atomic E-state index is 5.79. The molecule has 1 N–H and O–H groups in total. The van der Waals surface area contributed by atoms with Gasteiger partial charge in [-0.1, -0.05) is 13.8 Å². The fourth-order valence-electron chi connectivity index (χ4n) is 3.24. The highest BCUT2D eigenvalue weighted by molar-refractivity contribution is 14.0. The number of rotatable bonds is 9. The van der Waals surface area contributed by atoms with Crippen molar-refractivity contribution in [2.24, 2.45) is 18.0 Å². The van der Waals surface area contributed by atoms with Crippen LogP contribution in [0.1, 0.15) is 56.4 Å². The van der Waals surface area contributed by atoms with E-state index in [0.717, 1.165) is 42.8 Å². The van der Waals surface area contributed by atoms with Crippen molar-refractivity contribution in [1.82, 2.24) is 25.0 Å². The van der Waals surface area contributed by atoms with E-state index in [1.165, 1.54) is 18.4 Å². The van der Waals surface area contributed by atoms with Gasteiger partial charge in [0.2, 0.25) is 5.88 Å². The van der Waals surface area contributed by atoms with E-state index in [2.05, 4.69) is 54.3 Å². The Morgan fingerprint density at radius 2 is 2.17 bits per heavy atom. The minimum Gasteiger partial charge on any atom is -0.477 e. The van der Waals surface area contributed by atoms with E-state index in [1.54, 1.807) is 6.20 Å². The molecule has 0 aliphatic heterocycles. The molecule has 30 heavy (non-hydrogen) atoms. The predicted molar refractivity (Wildman–Crippen MR) is 131 cm³/mol.